The zero-order valence-electron chi connectivity index (χ0n) is 10.4. The van der Waals surface area contributed by atoms with Crippen molar-refractivity contribution in [2.24, 2.45) is 0 Å². The Balaban J connectivity index is 1.38. The first-order valence-corrected chi connectivity index (χ1v) is 6.38. The summed E-state index contributed by atoms with van der Waals surface area (Å²) >= 11 is 0. The van der Waals surface area contributed by atoms with E-state index in [4.69, 9.17) is 23.7 Å². The summed E-state index contributed by atoms with van der Waals surface area (Å²) in [5, 5.41) is 0. The molecular weight excluding hydrogens is 224 g/mol. The molecule has 0 amide bonds. The van der Waals surface area contributed by atoms with Crippen LogP contribution in [0.25, 0.3) is 0 Å². The van der Waals surface area contributed by atoms with Gasteiger partial charge in [0.1, 0.15) is 12.2 Å². The quantitative estimate of drug-likeness (QED) is 0.395. The van der Waals surface area contributed by atoms with Gasteiger partial charge in [-0.15, -0.1) is 0 Å². The number of rotatable bonds is 11. The molecule has 0 aromatic carbocycles. The third-order valence-electron chi connectivity index (χ3n) is 2.76. The first kappa shape index (κ1) is 13.2. The van der Waals surface area contributed by atoms with Crippen LogP contribution in [-0.4, -0.2) is 64.6 Å². The average Bonchev–Trinajstić information content (AvgIpc) is 3.20. The Kier molecular flexibility index (Phi) is 5.67. The fourth-order valence-electron chi connectivity index (χ4n) is 1.40. The second kappa shape index (κ2) is 7.28. The largest absolute Gasteiger partial charge is 0.376 e. The van der Waals surface area contributed by atoms with Crippen molar-refractivity contribution in [3.8, 4) is 0 Å². The highest BCUT2D eigenvalue weighted by Crippen LogP contribution is 2.11. The van der Waals surface area contributed by atoms with Crippen LogP contribution >= 0.6 is 0 Å². The van der Waals surface area contributed by atoms with Crippen molar-refractivity contribution in [3.63, 3.8) is 0 Å². The highest BCUT2D eigenvalue weighted by molar-refractivity contribution is 4.69. The summed E-state index contributed by atoms with van der Waals surface area (Å²) in [7, 11) is 0. The third kappa shape index (κ3) is 6.33. The van der Waals surface area contributed by atoms with E-state index in [1.165, 1.54) is 0 Å². The summed E-state index contributed by atoms with van der Waals surface area (Å²) in [6, 6.07) is 0. The van der Waals surface area contributed by atoms with Gasteiger partial charge in [0.05, 0.1) is 52.4 Å². The molecule has 0 radical (unpaired) electrons. The molecule has 0 bridgehead atoms. The van der Waals surface area contributed by atoms with Crippen LogP contribution < -0.4 is 0 Å². The van der Waals surface area contributed by atoms with Gasteiger partial charge in [0, 0.05) is 0 Å². The minimum Gasteiger partial charge on any atom is -0.376 e. The maximum Gasteiger partial charge on any atom is 0.104 e. The van der Waals surface area contributed by atoms with Crippen molar-refractivity contribution in [1.29, 1.82) is 0 Å². The Labute approximate surface area is 102 Å². The molecule has 0 aliphatic carbocycles. The van der Waals surface area contributed by atoms with E-state index < -0.39 is 0 Å². The van der Waals surface area contributed by atoms with Crippen LogP contribution in [0.15, 0.2) is 0 Å². The predicted octanol–water partition coefficient (Wildman–Crippen LogP) is 0.612. The molecule has 2 fully saturated rings. The zero-order valence-corrected chi connectivity index (χ0v) is 10.4. The molecule has 0 saturated carbocycles. The van der Waals surface area contributed by atoms with E-state index in [0.717, 1.165) is 19.6 Å². The van der Waals surface area contributed by atoms with Gasteiger partial charge in [0.25, 0.3) is 0 Å². The normalized spacial score (nSPS) is 28.1. The summed E-state index contributed by atoms with van der Waals surface area (Å²) < 4.78 is 26.7. The smallest absolute Gasteiger partial charge is 0.104 e. The van der Waals surface area contributed by atoms with Crippen LogP contribution in [0.4, 0.5) is 0 Å². The van der Waals surface area contributed by atoms with Crippen LogP contribution in [0.5, 0.6) is 0 Å². The number of hydrogen-bond acceptors (Lipinski definition) is 5. The molecule has 2 rings (SSSR count). The maximum absolute atomic E-state index is 5.66. The van der Waals surface area contributed by atoms with Crippen molar-refractivity contribution in [1.82, 2.24) is 0 Å². The lowest BCUT2D eigenvalue weighted by Crippen LogP contribution is -2.22. The molecule has 5 nitrogen and oxygen atoms in total. The van der Waals surface area contributed by atoms with Gasteiger partial charge in [-0.3, -0.25) is 0 Å². The molecule has 2 aliphatic rings. The van der Waals surface area contributed by atoms with E-state index in [1.54, 1.807) is 0 Å². The van der Waals surface area contributed by atoms with Crippen LogP contribution in [0.1, 0.15) is 13.3 Å². The molecule has 2 saturated heterocycles. The van der Waals surface area contributed by atoms with Gasteiger partial charge in [-0.05, 0) is 6.42 Å². The molecule has 3 unspecified atom stereocenters. The molecule has 100 valence electrons. The first-order valence-electron chi connectivity index (χ1n) is 6.38. The van der Waals surface area contributed by atoms with E-state index in [1.807, 2.05) is 0 Å². The van der Waals surface area contributed by atoms with Gasteiger partial charge < -0.3 is 23.7 Å². The van der Waals surface area contributed by atoms with Crippen LogP contribution in [0.2, 0.25) is 0 Å². The Hall–Kier alpha value is -0.200. The summed E-state index contributed by atoms with van der Waals surface area (Å²) in [4.78, 5) is 0. The second-order valence-electron chi connectivity index (χ2n) is 4.42. The molecule has 0 N–H and O–H groups in total. The van der Waals surface area contributed by atoms with Gasteiger partial charge in [-0.25, -0.2) is 0 Å². The monoisotopic (exact) mass is 246 g/mol. The van der Waals surface area contributed by atoms with Crippen LogP contribution in [0, 0.1) is 0 Å². The van der Waals surface area contributed by atoms with Crippen molar-refractivity contribution < 1.29 is 23.7 Å². The van der Waals surface area contributed by atoms with E-state index in [2.05, 4.69) is 6.92 Å². The van der Waals surface area contributed by atoms with Gasteiger partial charge in [0.15, 0.2) is 0 Å². The summed E-state index contributed by atoms with van der Waals surface area (Å²) in [6.45, 7) is 7.04. The van der Waals surface area contributed by atoms with Gasteiger partial charge >= 0.3 is 0 Å². The van der Waals surface area contributed by atoms with Gasteiger partial charge in [0.2, 0.25) is 0 Å². The highest BCUT2D eigenvalue weighted by atomic mass is 16.6. The fraction of sp³-hybridized carbons (Fsp3) is 1.00. The van der Waals surface area contributed by atoms with Crippen LogP contribution in [-0.2, 0) is 23.7 Å². The third-order valence-corrected chi connectivity index (χ3v) is 2.76. The lowest BCUT2D eigenvalue weighted by molar-refractivity contribution is -0.0367. The minimum absolute atomic E-state index is 0.172. The van der Waals surface area contributed by atoms with Gasteiger partial charge in [-0.2, -0.15) is 0 Å². The average molecular weight is 246 g/mol. The molecule has 0 aromatic heterocycles. The molecule has 17 heavy (non-hydrogen) atoms. The Bertz CT molecular complexity index is 203. The predicted molar refractivity (Wildman–Crippen MR) is 61.1 cm³/mol. The lowest BCUT2D eigenvalue weighted by Gasteiger charge is -2.15. The molecule has 0 spiro atoms. The number of ether oxygens (including phenoxy) is 5. The Morgan fingerprint density at radius 3 is 2.35 bits per heavy atom. The molecule has 2 aliphatic heterocycles. The first-order chi connectivity index (χ1) is 8.38. The van der Waals surface area contributed by atoms with E-state index >= 15 is 0 Å². The summed E-state index contributed by atoms with van der Waals surface area (Å²) in [5.74, 6) is 0. The van der Waals surface area contributed by atoms with Crippen molar-refractivity contribution in [2.75, 3.05) is 46.2 Å². The minimum atomic E-state index is 0.172. The standard InChI is InChI=1S/C12H22O5/c1-2-10(15-8-12-9-17-12)5-13-3-4-14-6-11-7-16-11/h10-12H,2-9H2,1H3. The Morgan fingerprint density at radius 1 is 1.06 bits per heavy atom. The van der Waals surface area contributed by atoms with Crippen molar-refractivity contribution in [3.05, 3.63) is 0 Å². The Morgan fingerprint density at radius 2 is 1.71 bits per heavy atom. The number of hydrogen-bond donors (Lipinski definition) is 0. The summed E-state index contributed by atoms with van der Waals surface area (Å²) in [5.41, 5.74) is 0. The highest BCUT2D eigenvalue weighted by Gasteiger charge is 2.24. The second-order valence-corrected chi connectivity index (χ2v) is 4.42. The SMILES string of the molecule is CCC(COCCOCC1CO1)OCC1CO1. The molecular formula is C12H22O5. The maximum atomic E-state index is 5.66. The summed E-state index contributed by atoms with van der Waals surface area (Å²) in [6.07, 6.45) is 1.79. The van der Waals surface area contributed by atoms with Crippen molar-refractivity contribution in [2.45, 2.75) is 31.7 Å². The van der Waals surface area contributed by atoms with Gasteiger partial charge in [-0.1, -0.05) is 6.92 Å². The molecule has 5 heteroatoms. The molecule has 0 aromatic rings. The molecule has 2 heterocycles. The fourth-order valence-corrected chi connectivity index (χ4v) is 1.40. The number of epoxide rings is 2. The molecule has 3 atom stereocenters. The van der Waals surface area contributed by atoms with E-state index in [-0.39, 0.29) is 6.10 Å². The lowest BCUT2D eigenvalue weighted by atomic mass is 10.3. The van der Waals surface area contributed by atoms with E-state index in [9.17, 15) is 0 Å². The van der Waals surface area contributed by atoms with E-state index in [0.29, 0.717) is 45.2 Å². The topological polar surface area (TPSA) is 52.8 Å². The zero-order chi connectivity index (χ0) is 11.9. The van der Waals surface area contributed by atoms with Crippen LogP contribution in [0.3, 0.4) is 0 Å². The van der Waals surface area contributed by atoms with Crippen molar-refractivity contribution >= 4 is 0 Å².